The van der Waals surface area contributed by atoms with Crippen molar-refractivity contribution in [3.63, 3.8) is 0 Å². The van der Waals surface area contributed by atoms with Gasteiger partial charge in [0.1, 0.15) is 5.69 Å². The maximum Gasteiger partial charge on any atom is 0.433 e. The van der Waals surface area contributed by atoms with Gasteiger partial charge in [0.15, 0.2) is 11.3 Å². The highest BCUT2D eigenvalue weighted by Crippen LogP contribution is 2.41. The lowest BCUT2D eigenvalue weighted by molar-refractivity contribution is -0.142. The van der Waals surface area contributed by atoms with E-state index in [0.717, 1.165) is 53.1 Å². The van der Waals surface area contributed by atoms with Crippen molar-refractivity contribution < 1.29 is 18.0 Å². The summed E-state index contributed by atoms with van der Waals surface area (Å²) in [5, 5.41) is 4.01. The van der Waals surface area contributed by atoms with E-state index in [1.165, 1.54) is 6.07 Å². The second kappa shape index (κ2) is 6.30. The number of amides is 1. The third kappa shape index (κ3) is 3.16. The molecule has 150 valence electrons. The molecule has 3 heterocycles. The molecule has 0 saturated heterocycles. The van der Waals surface area contributed by atoms with Crippen LogP contribution < -0.4 is 4.90 Å². The molecule has 1 saturated carbocycles. The highest BCUT2D eigenvalue weighted by molar-refractivity contribution is 6.06. The number of halogens is 3. The lowest BCUT2D eigenvalue weighted by Crippen LogP contribution is -2.35. The number of aromatic nitrogens is 3. The van der Waals surface area contributed by atoms with Gasteiger partial charge in [-0.15, -0.1) is 0 Å². The van der Waals surface area contributed by atoms with E-state index in [1.807, 2.05) is 25.1 Å². The molecule has 0 atom stereocenters. The molecule has 3 aromatic rings. The quantitative estimate of drug-likeness (QED) is 0.635. The van der Waals surface area contributed by atoms with Crippen LogP contribution in [0.4, 0.5) is 18.9 Å². The summed E-state index contributed by atoms with van der Waals surface area (Å²) in [6, 6.07) is 8.29. The number of carbonyl (C=O) groups is 1. The van der Waals surface area contributed by atoms with Crippen LogP contribution in [0.3, 0.4) is 0 Å². The Balaban J connectivity index is 1.59. The molecule has 1 fully saturated rings. The van der Waals surface area contributed by atoms with E-state index < -0.39 is 17.8 Å². The van der Waals surface area contributed by atoms with Crippen molar-refractivity contribution in [1.29, 1.82) is 0 Å². The highest BCUT2D eigenvalue weighted by Gasteiger charge is 2.38. The molecule has 1 aliphatic carbocycles. The summed E-state index contributed by atoms with van der Waals surface area (Å²) >= 11 is 0. The summed E-state index contributed by atoms with van der Waals surface area (Å²) < 4.78 is 41.5. The maximum atomic E-state index is 13.6. The minimum absolute atomic E-state index is 0.0237. The van der Waals surface area contributed by atoms with Crippen LogP contribution in [0.15, 0.2) is 30.3 Å². The summed E-state index contributed by atoms with van der Waals surface area (Å²) in [5.74, 6) is -0.339. The standard InChI is InChI=1S/C21H19F3N4O/c1-12-4-7-17-14(9-12)3-2-8-27(17)20(29)16-11-19-25-15(13-5-6-13)10-18(21(22,23)24)28(19)26-16/h4,7,9-11,13H,2-3,5-6,8H2,1H3. The molecular formula is C21H19F3N4O. The number of carbonyl (C=O) groups excluding carboxylic acids is 1. The number of benzene rings is 1. The van der Waals surface area contributed by atoms with Gasteiger partial charge in [-0.3, -0.25) is 4.79 Å². The molecule has 0 spiro atoms. The van der Waals surface area contributed by atoms with Crippen LogP contribution in [0, 0.1) is 6.92 Å². The first-order chi connectivity index (χ1) is 13.8. The van der Waals surface area contributed by atoms with Crippen LogP contribution >= 0.6 is 0 Å². The Bertz CT molecular complexity index is 1130. The number of nitrogens with zero attached hydrogens (tertiary/aromatic N) is 4. The zero-order chi connectivity index (χ0) is 20.3. The topological polar surface area (TPSA) is 50.5 Å². The van der Waals surface area contributed by atoms with Crippen LogP contribution in [0.2, 0.25) is 0 Å². The van der Waals surface area contributed by atoms with Crippen molar-refractivity contribution >= 4 is 17.2 Å². The Kier molecular flexibility index (Phi) is 3.94. The third-order valence-corrected chi connectivity index (χ3v) is 5.55. The second-order valence-corrected chi connectivity index (χ2v) is 7.83. The van der Waals surface area contributed by atoms with E-state index >= 15 is 0 Å². The van der Waals surface area contributed by atoms with Gasteiger partial charge in [-0.05, 0) is 50.3 Å². The van der Waals surface area contributed by atoms with Crippen molar-refractivity contribution in [3.05, 3.63) is 58.5 Å². The Morgan fingerprint density at radius 1 is 1.17 bits per heavy atom. The lowest BCUT2D eigenvalue weighted by Gasteiger charge is -2.29. The number of aryl methyl sites for hydroxylation is 2. The van der Waals surface area contributed by atoms with Gasteiger partial charge >= 0.3 is 6.18 Å². The van der Waals surface area contributed by atoms with E-state index in [0.29, 0.717) is 12.2 Å². The Morgan fingerprint density at radius 3 is 2.69 bits per heavy atom. The van der Waals surface area contributed by atoms with Crippen molar-refractivity contribution in [2.24, 2.45) is 0 Å². The first-order valence-corrected chi connectivity index (χ1v) is 9.70. The fourth-order valence-corrected chi connectivity index (χ4v) is 3.96. The summed E-state index contributed by atoms with van der Waals surface area (Å²) in [6.45, 7) is 2.50. The van der Waals surface area contributed by atoms with Gasteiger partial charge in [0, 0.05) is 29.9 Å². The normalized spacial score (nSPS) is 16.9. The lowest BCUT2D eigenvalue weighted by atomic mass is 9.99. The van der Waals surface area contributed by atoms with Gasteiger partial charge in [-0.25, -0.2) is 9.50 Å². The zero-order valence-corrected chi connectivity index (χ0v) is 15.8. The predicted octanol–water partition coefficient (Wildman–Crippen LogP) is 4.53. The summed E-state index contributed by atoms with van der Waals surface area (Å²) in [5.41, 5.74) is 2.54. The zero-order valence-electron chi connectivity index (χ0n) is 15.8. The maximum absolute atomic E-state index is 13.6. The van der Waals surface area contributed by atoms with Crippen molar-refractivity contribution in [2.75, 3.05) is 11.4 Å². The predicted molar refractivity (Wildman–Crippen MR) is 101 cm³/mol. The molecule has 2 aliphatic rings. The minimum atomic E-state index is -4.58. The van der Waals surface area contributed by atoms with Gasteiger partial charge in [-0.1, -0.05) is 17.7 Å². The number of alkyl halides is 3. The largest absolute Gasteiger partial charge is 0.433 e. The highest BCUT2D eigenvalue weighted by atomic mass is 19.4. The number of anilines is 1. The SMILES string of the molecule is Cc1ccc2c(c1)CCCN2C(=O)c1cc2nc(C3CC3)cc(C(F)(F)F)n2n1. The second-order valence-electron chi connectivity index (χ2n) is 7.83. The molecule has 5 nitrogen and oxygen atoms in total. The van der Waals surface area contributed by atoms with Gasteiger partial charge in [0.2, 0.25) is 0 Å². The van der Waals surface area contributed by atoms with E-state index in [-0.39, 0.29) is 17.3 Å². The minimum Gasteiger partial charge on any atom is -0.307 e. The fraction of sp³-hybridized carbons (Fsp3) is 0.381. The van der Waals surface area contributed by atoms with Gasteiger partial charge in [0.05, 0.1) is 0 Å². The van der Waals surface area contributed by atoms with Crippen molar-refractivity contribution in [1.82, 2.24) is 14.6 Å². The first kappa shape index (κ1) is 18.1. The van der Waals surface area contributed by atoms with Crippen LogP contribution in [0.5, 0.6) is 0 Å². The van der Waals surface area contributed by atoms with Gasteiger partial charge in [-0.2, -0.15) is 18.3 Å². The van der Waals surface area contributed by atoms with Crippen LogP contribution in [0.25, 0.3) is 5.65 Å². The van der Waals surface area contributed by atoms with Crippen molar-refractivity contribution in [3.8, 4) is 0 Å². The average molecular weight is 400 g/mol. The fourth-order valence-electron chi connectivity index (χ4n) is 3.96. The molecule has 2 aromatic heterocycles. The molecule has 1 amide bonds. The monoisotopic (exact) mass is 400 g/mol. The molecule has 0 N–H and O–H groups in total. The third-order valence-electron chi connectivity index (χ3n) is 5.55. The van der Waals surface area contributed by atoms with Crippen LogP contribution in [0.1, 0.15) is 58.2 Å². The number of rotatable bonds is 2. The Labute approximate surface area is 165 Å². The molecule has 8 heteroatoms. The van der Waals surface area contributed by atoms with Gasteiger partial charge < -0.3 is 4.90 Å². The first-order valence-electron chi connectivity index (χ1n) is 9.70. The van der Waals surface area contributed by atoms with E-state index in [2.05, 4.69) is 10.1 Å². The number of fused-ring (bicyclic) bond motifs is 2. The molecule has 0 radical (unpaired) electrons. The molecule has 29 heavy (non-hydrogen) atoms. The molecule has 1 aromatic carbocycles. The summed E-state index contributed by atoms with van der Waals surface area (Å²) in [4.78, 5) is 19.1. The van der Waals surface area contributed by atoms with Gasteiger partial charge in [0.25, 0.3) is 5.91 Å². The van der Waals surface area contributed by atoms with E-state index in [9.17, 15) is 18.0 Å². The summed E-state index contributed by atoms with van der Waals surface area (Å²) in [6.07, 6.45) is -1.23. The summed E-state index contributed by atoms with van der Waals surface area (Å²) in [7, 11) is 0. The van der Waals surface area contributed by atoms with Crippen molar-refractivity contribution in [2.45, 2.75) is 44.7 Å². The average Bonchev–Trinajstić information content (AvgIpc) is 3.44. The molecular weight excluding hydrogens is 381 g/mol. The number of hydrogen-bond acceptors (Lipinski definition) is 3. The molecule has 1 aliphatic heterocycles. The molecule has 0 bridgehead atoms. The van der Waals surface area contributed by atoms with Crippen LogP contribution in [-0.4, -0.2) is 27.0 Å². The Morgan fingerprint density at radius 2 is 1.97 bits per heavy atom. The number of hydrogen-bond donors (Lipinski definition) is 0. The van der Waals surface area contributed by atoms with E-state index in [1.54, 1.807) is 4.90 Å². The molecule has 5 rings (SSSR count). The molecule has 0 unspecified atom stereocenters. The Hall–Kier alpha value is -2.90. The van der Waals surface area contributed by atoms with Crippen LogP contribution in [-0.2, 0) is 12.6 Å². The smallest absolute Gasteiger partial charge is 0.307 e. The van der Waals surface area contributed by atoms with E-state index in [4.69, 9.17) is 0 Å².